The minimum absolute atomic E-state index is 0.122. The third-order valence-electron chi connectivity index (χ3n) is 4.03. The maximum atomic E-state index is 12.4. The van der Waals surface area contributed by atoms with Crippen LogP contribution in [-0.2, 0) is 17.8 Å². The van der Waals surface area contributed by atoms with Crippen LogP contribution in [0.15, 0.2) is 30.6 Å². The molecule has 0 saturated carbocycles. The largest absolute Gasteiger partial charge is 0.370 e. The Labute approximate surface area is 145 Å². The smallest absolute Gasteiger partial charge is 0.317 e. The van der Waals surface area contributed by atoms with Crippen molar-refractivity contribution in [1.29, 1.82) is 0 Å². The zero-order valence-corrected chi connectivity index (χ0v) is 14.2. The van der Waals surface area contributed by atoms with Crippen molar-refractivity contribution in [3.63, 3.8) is 0 Å². The molecule has 0 bridgehead atoms. The summed E-state index contributed by atoms with van der Waals surface area (Å²) in [4.78, 5) is 14.2. The standard InChI is InChI=1S/C16H20ClN5O2/c1-2-21-11-19-20-15(21)9-18-16(23)22-7-8-24-14(10-22)12-3-5-13(17)6-4-12/h3-6,11,14H,2,7-10H2,1H3,(H,18,23). The molecule has 1 saturated heterocycles. The fourth-order valence-corrected chi connectivity index (χ4v) is 2.79. The monoisotopic (exact) mass is 349 g/mol. The van der Waals surface area contributed by atoms with E-state index in [2.05, 4.69) is 15.5 Å². The molecule has 0 aliphatic carbocycles. The normalized spacial score (nSPS) is 17.8. The van der Waals surface area contributed by atoms with E-state index in [1.165, 1.54) is 0 Å². The van der Waals surface area contributed by atoms with Crippen molar-refractivity contribution in [3.8, 4) is 0 Å². The highest BCUT2D eigenvalue weighted by atomic mass is 35.5. The van der Waals surface area contributed by atoms with Gasteiger partial charge in [-0.25, -0.2) is 4.79 Å². The molecule has 0 spiro atoms. The van der Waals surface area contributed by atoms with Crippen molar-refractivity contribution in [1.82, 2.24) is 25.0 Å². The molecule has 1 aromatic carbocycles. The number of benzene rings is 1. The predicted octanol–water partition coefficient (Wildman–Crippen LogP) is 2.23. The second kappa shape index (κ2) is 7.63. The number of halogens is 1. The van der Waals surface area contributed by atoms with Crippen LogP contribution in [0.4, 0.5) is 4.79 Å². The number of nitrogens with one attached hydrogen (secondary N) is 1. The third kappa shape index (κ3) is 3.85. The van der Waals surface area contributed by atoms with E-state index in [4.69, 9.17) is 16.3 Å². The molecule has 2 aromatic rings. The molecular formula is C16H20ClN5O2. The van der Waals surface area contributed by atoms with E-state index in [9.17, 15) is 4.79 Å². The third-order valence-corrected chi connectivity index (χ3v) is 4.28. The maximum absolute atomic E-state index is 12.4. The molecule has 2 amide bonds. The molecule has 1 aliphatic rings. The lowest BCUT2D eigenvalue weighted by molar-refractivity contribution is -0.0155. The number of morpholine rings is 1. The van der Waals surface area contributed by atoms with Crippen molar-refractivity contribution >= 4 is 17.6 Å². The number of ether oxygens (including phenoxy) is 1. The summed E-state index contributed by atoms with van der Waals surface area (Å²) >= 11 is 5.92. The van der Waals surface area contributed by atoms with Gasteiger partial charge in [-0.3, -0.25) is 0 Å². The van der Waals surface area contributed by atoms with Crippen molar-refractivity contribution in [2.75, 3.05) is 19.7 Å². The number of hydrogen-bond acceptors (Lipinski definition) is 4. The minimum Gasteiger partial charge on any atom is -0.370 e. The van der Waals surface area contributed by atoms with Crippen LogP contribution in [0.25, 0.3) is 0 Å². The summed E-state index contributed by atoms with van der Waals surface area (Å²) in [6, 6.07) is 7.40. The van der Waals surface area contributed by atoms with E-state index >= 15 is 0 Å². The van der Waals surface area contributed by atoms with Crippen molar-refractivity contribution < 1.29 is 9.53 Å². The minimum atomic E-state index is -0.138. The van der Waals surface area contributed by atoms with E-state index in [-0.39, 0.29) is 12.1 Å². The Kier molecular flexibility index (Phi) is 5.32. The van der Waals surface area contributed by atoms with E-state index in [0.29, 0.717) is 31.3 Å². The number of carbonyl (C=O) groups excluding carboxylic acids is 1. The molecule has 8 heteroatoms. The van der Waals surface area contributed by atoms with E-state index in [0.717, 1.165) is 17.9 Å². The van der Waals surface area contributed by atoms with Crippen molar-refractivity contribution in [2.45, 2.75) is 26.1 Å². The number of amides is 2. The molecule has 7 nitrogen and oxygen atoms in total. The molecule has 1 aromatic heterocycles. The number of rotatable bonds is 4. The highest BCUT2D eigenvalue weighted by molar-refractivity contribution is 6.30. The Morgan fingerprint density at radius 1 is 1.42 bits per heavy atom. The number of urea groups is 1. The lowest BCUT2D eigenvalue weighted by atomic mass is 10.1. The van der Waals surface area contributed by atoms with Crippen LogP contribution >= 0.6 is 11.6 Å². The first-order chi connectivity index (χ1) is 11.7. The Hall–Kier alpha value is -2.12. The second-order valence-corrected chi connectivity index (χ2v) is 5.99. The summed E-state index contributed by atoms with van der Waals surface area (Å²) in [7, 11) is 0. The molecule has 1 unspecified atom stereocenters. The molecule has 2 heterocycles. The average Bonchev–Trinajstić information content (AvgIpc) is 3.08. The molecule has 128 valence electrons. The molecular weight excluding hydrogens is 330 g/mol. The van der Waals surface area contributed by atoms with Gasteiger partial charge in [0.15, 0.2) is 5.82 Å². The highest BCUT2D eigenvalue weighted by Crippen LogP contribution is 2.23. The van der Waals surface area contributed by atoms with Crippen LogP contribution < -0.4 is 5.32 Å². The molecule has 1 atom stereocenters. The topological polar surface area (TPSA) is 72.3 Å². The van der Waals surface area contributed by atoms with Gasteiger partial charge in [-0.2, -0.15) is 0 Å². The van der Waals surface area contributed by atoms with Gasteiger partial charge in [0.1, 0.15) is 12.4 Å². The van der Waals surface area contributed by atoms with Crippen LogP contribution in [0.1, 0.15) is 24.4 Å². The first kappa shape index (κ1) is 16.7. The molecule has 1 N–H and O–H groups in total. The average molecular weight is 350 g/mol. The Morgan fingerprint density at radius 3 is 2.96 bits per heavy atom. The zero-order valence-electron chi connectivity index (χ0n) is 13.5. The Morgan fingerprint density at radius 2 is 2.21 bits per heavy atom. The van der Waals surface area contributed by atoms with Gasteiger partial charge >= 0.3 is 6.03 Å². The zero-order chi connectivity index (χ0) is 16.9. The van der Waals surface area contributed by atoms with Crippen molar-refractivity contribution in [2.24, 2.45) is 0 Å². The van der Waals surface area contributed by atoms with Crippen LogP contribution in [0.2, 0.25) is 5.02 Å². The summed E-state index contributed by atoms with van der Waals surface area (Å²) in [5.41, 5.74) is 1.02. The fourth-order valence-electron chi connectivity index (χ4n) is 2.66. The van der Waals surface area contributed by atoms with Gasteiger partial charge in [-0.05, 0) is 24.6 Å². The molecule has 1 fully saturated rings. The quantitative estimate of drug-likeness (QED) is 0.918. The van der Waals surface area contributed by atoms with Crippen LogP contribution in [-0.4, -0.2) is 45.4 Å². The first-order valence-electron chi connectivity index (χ1n) is 7.94. The summed E-state index contributed by atoms with van der Waals surface area (Å²) in [5, 5.41) is 11.5. The Bertz CT molecular complexity index is 688. The molecule has 3 rings (SSSR count). The van der Waals surface area contributed by atoms with Crippen LogP contribution in [0.3, 0.4) is 0 Å². The van der Waals surface area contributed by atoms with E-state index in [1.807, 2.05) is 35.8 Å². The summed E-state index contributed by atoms with van der Waals surface area (Å²) in [6.45, 7) is 4.72. The number of aryl methyl sites for hydroxylation is 1. The summed E-state index contributed by atoms with van der Waals surface area (Å²) in [5.74, 6) is 0.744. The second-order valence-electron chi connectivity index (χ2n) is 5.55. The van der Waals surface area contributed by atoms with E-state index < -0.39 is 0 Å². The van der Waals surface area contributed by atoms with Gasteiger partial charge in [-0.1, -0.05) is 23.7 Å². The van der Waals surface area contributed by atoms with Gasteiger partial charge in [-0.15, -0.1) is 10.2 Å². The Balaban J connectivity index is 1.57. The van der Waals surface area contributed by atoms with Crippen LogP contribution in [0.5, 0.6) is 0 Å². The molecule has 1 aliphatic heterocycles. The van der Waals surface area contributed by atoms with Gasteiger partial charge < -0.3 is 19.5 Å². The van der Waals surface area contributed by atoms with Gasteiger partial charge in [0, 0.05) is 18.1 Å². The van der Waals surface area contributed by atoms with Gasteiger partial charge in [0.25, 0.3) is 0 Å². The molecule has 24 heavy (non-hydrogen) atoms. The SMILES string of the molecule is CCn1cnnc1CNC(=O)N1CCOC(c2ccc(Cl)cc2)C1. The number of nitrogens with zero attached hydrogens (tertiary/aromatic N) is 4. The predicted molar refractivity (Wildman–Crippen MR) is 89.6 cm³/mol. The lowest BCUT2D eigenvalue weighted by Gasteiger charge is -2.33. The van der Waals surface area contributed by atoms with Gasteiger partial charge in [0.2, 0.25) is 0 Å². The van der Waals surface area contributed by atoms with E-state index in [1.54, 1.807) is 11.2 Å². The summed E-state index contributed by atoms with van der Waals surface area (Å²) < 4.78 is 7.68. The molecule has 0 radical (unpaired) electrons. The highest BCUT2D eigenvalue weighted by Gasteiger charge is 2.25. The number of carbonyl (C=O) groups is 1. The number of aromatic nitrogens is 3. The number of hydrogen-bond donors (Lipinski definition) is 1. The summed E-state index contributed by atoms with van der Waals surface area (Å²) in [6.07, 6.45) is 1.52. The van der Waals surface area contributed by atoms with Gasteiger partial charge in [0.05, 0.1) is 19.7 Å². The maximum Gasteiger partial charge on any atom is 0.317 e. The lowest BCUT2D eigenvalue weighted by Crippen LogP contribution is -2.47. The van der Waals surface area contributed by atoms with Crippen molar-refractivity contribution in [3.05, 3.63) is 47.0 Å². The van der Waals surface area contributed by atoms with Crippen LogP contribution in [0, 0.1) is 0 Å². The first-order valence-corrected chi connectivity index (χ1v) is 8.31. The fraction of sp³-hybridized carbons (Fsp3) is 0.438.